The van der Waals surface area contributed by atoms with Gasteiger partial charge in [0.2, 0.25) is 0 Å². The van der Waals surface area contributed by atoms with Crippen LogP contribution >= 0.6 is 15.9 Å². The number of carbonyl (C=O) groups is 2. The van der Waals surface area contributed by atoms with E-state index >= 15 is 0 Å². The molecule has 2 aromatic carbocycles. The minimum Gasteiger partial charge on any atom is -0.448 e. The van der Waals surface area contributed by atoms with Gasteiger partial charge >= 0.3 is 5.97 Å². The van der Waals surface area contributed by atoms with Crippen molar-refractivity contribution in [1.82, 2.24) is 0 Å². The van der Waals surface area contributed by atoms with Crippen LogP contribution in [-0.2, 0) is 16.0 Å². The third-order valence-corrected chi connectivity index (χ3v) is 4.37. The van der Waals surface area contributed by atoms with Crippen molar-refractivity contribution in [3.05, 3.63) is 63.1 Å². The topological polar surface area (TPSA) is 55.4 Å². The standard InChI is InChI=1S/C18H16BrNO3/c1-10-3-6-15(11(2)7-10)20-17(21)16-9-12-8-13(19)4-5-14(12)18(22)23-16/h3-8,16H,9H2,1-2H3,(H,20,21). The molecule has 0 saturated heterocycles. The Morgan fingerprint density at radius 3 is 2.74 bits per heavy atom. The molecule has 1 heterocycles. The summed E-state index contributed by atoms with van der Waals surface area (Å²) in [5.74, 6) is -0.768. The molecule has 0 bridgehead atoms. The normalized spacial score (nSPS) is 16.5. The Hall–Kier alpha value is -2.14. The molecule has 1 aliphatic rings. The molecule has 2 aromatic rings. The summed E-state index contributed by atoms with van der Waals surface area (Å²) in [7, 11) is 0. The molecule has 0 aliphatic carbocycles. The number of rotatable bonds is 2. The zero-order valence-corrected chi connectivity index (χ0v) is 14.4. The molecule has 4 nitrogen and oxygen atoms in total. The van der Waals surface area contributed by atoms with Crippen LogP contribution in [0, 0.1) is 13.8 Å². The zero-order chi connectivity index (χ0) is 16.6. The summed E-state index contributed by atoms with van der Waals surface area (Å²) < 4.78 is 6.16. The van der Waals surface area contributed by atoms with Crippen LogP contribution in [0.2, 0.25) is 0 Å². The first-order valence-corrected chi connectivity index (χ1v) is 8.11. The van der Waals surface area contributed by atoms with E-state index in [2.05, 4.69) is 21.2 Å². The first kappa shape index (κ1) is 15.7. The molecule has 1 aliphatic heterocycles. The molecule has 1 N–H and O–H groups in total. The quantitative estimate of drug-likeness (QED) is 0.814. The average molecular weight is 374 g/mol. The number of benzene rings is 2. The van der Waals surface area contributed by atoms with Crippen LogP contribution in [-0.4, -0.2) is 18.0 Å². The first-order chi connectivity index (χ1) is 10.9. The molecule has 0 saturated carbocycles. The molecule has 0 fully saturated rings. The summed E-state index contributed by atoms with van der Waals surface area (Å²) in [6.45, 7) is 3.93. The second kappa shape index (κ2) is 6.16. The molecule has 3 rings (SSSR count). The van der Waals surface area contributed by atoms with Crippen molar-refractivity contribution < 1.29 is 14.3 Å². The molecule has 1 amide bonds. The molecular formula is C18H16BrNO3. The Morgan fingerprint density at radius 2 is 2.00 bits per heavy atom. The fourth-order valence-corrected chi connectivity index (χ4v) is 3.09. The number of hydrogen-bond acceptors (Lipinski definition) is 3. The number of cyclic esters (lactones) is 1. The maximum absolute atomic E-state index is 12.4. The van der Waals surface area contributed by atoms with E-state index in [-0.39, 0.29) is 5.91 Å². The lowest BCUT2D eigenvalue weighted by molar-refractivity contribution is -0.125. The highest BCUT2D eigenvalue weighted by Crippen LogP contribution is 2.25. The lowest BCUT2D eigenvalue weighted by Gasteiger charge is -2.24. The van der Waals surface area contributed by atoms with Gasteiger partial charge in [0.25, 0.3) is 5.91 Å². The van der Waals surface area contributed by atoms with Crippen LogP contribution in [0.3, 0.4) is 0 Å². The zero-order valence-electron chi connectivity index (χ0n) is 12.9. The van der Waals surface area contributed by atoms with Gasteiger partial charge in [-0.2, -0.15) is 0 Å². The Kier molecular flexibility index (Phi) is 4.22. The van der Waals surface area contributed by atoms with E-state index in [0.29, 0.717) is 12.0 Å². The van der Waals surface area contributed by atoms with E-state index < -0.39 is 12.1 Å². The Balaban J connectivity index is 1.80. The molecular weight excluding hydrogens is 358 g/mol. The lowest BCUT2D eigenvalue weighted by Crippen LogP contribution is -2.38. The van der Waals surface area contributed by atoms with Crippen LogP contribution in [0.25, 0.3) is 0 Å². The van der Waals surface area contributed by atoms with Crippen molar-refractivity contribution in [2.24, 2.45) is 0 Å². The number of nitrogens with one attached hydrogen (secondary N) is 1. The number of carbonyl (C=O) groups excluding carboxylic acids is 2. The minimum absolute atomic E-state index is 0.309. The monoisotopic (exact) mass is 373 g/mol. The SMILES string of the molecule is Cc1ccc(NC(=O)C2Cc3cc(Br)ccc3C(=O)O2)c(C)c1. The van der Waals surface area contributed by atoms with Crippen molar-refractivity contribution in [1.29, 1.82) is 0 Å². The van der Waals surface area contributed by atoms with Gasteiger partial charge in [-0.05, 0) is 49.2 Å². The van der Waals surface area contributed by atoms with E-state index in [1.807, 2.05) is 38.1 Å². The maximum atomic E-state index is 12.4. The summed E-state index contributed by atoms with van der Waals surface area (Å²) in [5, 5.41) is 2.85. The number of fused-ring (bicyclic) bond motifs is 1. The van der Waals surface area contributed by atoms with Crippen LogP contribution in [0.5, 0.6) is 0 Å². The number of aryl methyl sites for hydroxylation is 2. The Bertz CT molecular complexity index is 801. The fourth-order valence-electron chi connectivity index (χ4n) is 2.68. The van der Waals surface area contributed by atoms with E-state index in [1.165, 1.54) is 0 Å². The molecule has 23 heavy (non-hydrogen) atoms. The number of hydrogen-bond donors (Lipinski definition) is 1. The smallest absolute Gasteiger partial charge is 0.339 e. The molecule has 0 spiro atoms. The largest absolute Gasteiger partial charge is 0.448 e. The van der Waals surface area contributed by atoms with Gasteiger partial charge in [0.05, 0.1) is 5.56 Å². The van der Waals surface area contributed by atoms with Crippen LogP contribution in [0.4, 0.5) is 5.69 Å². The highest BCUT2D eigenvalue weighted by Gasteiger charge is 2.31. The predicted octanol–water partition coefficient (Wildman–Crippen LogP) is 3.79. The van der Waals surface area contributed by atoms with Crippen molar-refractivity contribution in [3.8, 4) is 0 Å². The third-order valence-electron chi connectivity index (χ3n) is 3.87. The van der Waals surface area contributed by atoms with Crippen molar-refractivity contribution in [2.75, 3.05) is 5.32 Å². The maximum Gasteiger partial charge on any atom is 0.339 e. The Morgan fingerprint density at radius 1 is 1.22 bits per heavy atom. The summed E-state index contributed by atoms with van der Waals surface area (Å²) in [6, 6.07) is 11.1. The van der Waals surface area contributed by atoms with Crippen molar-refractivity contribution in [2.45, 2.75) is 26.4 Å². The lowest BCUT2D eigenvalue weighted by atomic mass is 9.98. The van der Waals surface area contributed by atoms with Crippen LogP contribution in [0.1, 0.15) is 27.0 Å². The summed E-state index contributed by atoms with van der Waals surface area (Å²) in [6.07, 6.45) is -0.443. The average Bonchev–Trinajstić information content (AvgIpc) is 2.49. The first-order valence-electron chi connectivity index (χ1n) is 7.31. The van der Waals surface area contributed by atoms with Gasteiger partial charge in [-0.3, -0.25) is 4.79 Å². The van der Waals surface area contributed by atoms with Gasteiger partial charge in [0.1, 0.15) is 0 Å². The summed E-state index contributed by atoms with van der Waals surface area (Å²) >= 11 is 3.38. The second-order valence-corrected chi connectivity index (χ2v) is 6.62. The van der Waals surface area contributed by atoms with E-state index in [0.717, 1.165) is 26.9 Å². The van der Waals surface area contributed by atoms with Crippen molar-refractivity contribution >= 4 is 33.5 Å². The number of esters is 1. The van der Waals surface area contributed by atoms with E-state index in [4.69, 9.17) is 4.74 Å². The number of amides is 1. The predicted molar refractivity (Wildman–Crippen MR) is 91.6 cm³/mol. The number of anilines is 1. The molecule has 118 valence electrons. The molecule has 5 heteroatoms. The fraction of sp³-hybridized carbons (Fsp3) is 0.222. The van der Waals surface area contributed by atoms with Gasteiger partial charge < -0.3 is 10.1 Å². The number of halogens is 1. The van der Waals surface area contributed by atoms with Gasteiger partial charge in [-0.25, -0.2) is 4.79 Å². The van der Waals surface area contributed by atoms with Gasteiger partial charge in [0, 0.05) is 16.6 Å². The molecule has 1 atom stereocenters. The van der Waals surface area contributed by atoms with Gasteiger partial charge in [-0.15, -0.1) is 0 Å². The number of ether oxygens (including phenoxy) is 1. The van der Waals surface area contributed by atoms with Crippen LogP contribution in [0.15, 0.2) is 40.9 Å². The van der Waals surface area contributed by atoms with E-state index in [9.17, 15) is 9.59 Å². The summed E-state index contributed by atoms with van der Waals surface area (Å²) in [5.41, 5.74) is 4.17. The molecule has 0 aromatic heterocycles. The van der Waals surface area contributed by atoms with Gasteiger partial charge in [-0.1, -0.05) is 33.6 Å². The molecule has 1 unspecified atom stereocenters. The second-order valence-electron chi connectivity index (χ2n) is 5.71. The van der Waals surface area contributed by atoms with Crippen molar-refractivity contribution in [3.63, 3.8) is 0 Å². The highest BCUT2D eigenvalue weighted by molar-refractivity contribution is 9.10. The Labute approximate surface area is 143 Å². The molecule has 0 radical (unpaired) electrons. The third kappa shape index (κ3) is 3.29. The highest BCUT2D eigenvalue weighted by atomic mass is 79.9. The summed E-state index contributed by atoms with van der Waals surface area (Å²) in [4.78, 5) is 24.5. The minimum atomic E-state index is -0.815. The van der Waals surface area contributed by atoms with E-state index in [1.54, 1.807) is 12.1 Å². The van der Waals surface area contributed by atoms with Gasteiger partial charge in [0.15, 0.2) is 6.10 Å². The van der Waals surface area contributed by atoms with Crippen LogP contribution < -0.4 is 5.32 Å².